The number of piperidine rings is 1. The highest BCUT2D eigenvalue weighted by Gasteiger charge is 2.26. The van der Waals surface area contributed by atoms with Crippen molar-refractivity contribution in [3.05, 3.63) is 0 Å². The van der Waals surface area contributed by atoms with Crippen molar-refractivity contribution >= 4 is 11.9 Å². The van der Waals surface area contributed by atoms with E-state index in [2.05, 4.69) is 0 Å². The van der Waals surface area contributed by atoms with Crippen LogP contribution in [0.2, 0.25) is 0 Å². The second-order valence-electron chi connectivity index (χ2n) is 4.12. The molecule has 16 heavy (non-hydrogen) atoms. The van der Waals surface area contributed by atoms with Crippen LogP contribution in [0, 0.1) is 0 Å². The molecule has 4 nitrogen and oxygen atoms in total. The Balaban J connectivity index is 2.51. The zero-order chi connectivity index (χ0) is 12.0. The molecule has 0 aliphatic carbocycles. The van der Waals surface area contributed by atoms with E-state index >= 15 is 0 Å². The van der Waals surface area contributed by atoms with Crippen molar-refractivity contribution in [2.24, 2.45) is 0 Å². The Labute approximate surface area is 96.9 Å². The third kappa shape index (κ3) is 3.51. The number of likely N-dealkylation sites (tertiary alicyclic amines) is 1. The van der Waals surface area contributed by atoms with Crippen LogP contribution in [0.3, 0.4) is 0 Å². The molecule has 1 rings (SSSR count). The Hall–Kier alpha value is -1.06. The van der Waals surface area contributed by atoms with Gasteiger partial charge in [0.1, 0.15) is 0 Å². The summed E-state index contributed by atoms with van der Waals surface area (Å²) in [6, 6.07) is 0.0202. The van der Waals surface area contributed by atoms with Gasteiger partial charge in [-0.1, -0.05) is 6.92 Å². The summed E-state index contributed by atoms with van der Waals surface area (Å²) >= 11 is 0. The number of esters is 1. The minimum atomic E-state index is -0.201. The van der Waals surface area contributed by atoms with Crippen molar-refractivity contribution < 1.29 is 14.3 Å². The highest BCUT2D eigenvalue weighted by Crippen LogP contribution is 2.18. The van der Waals surface area contributed by atoms with Crippen LogP contribution in [-0.2, 0) is 14.3 Å². The van der Waals surface area contributed by atoms with Gasteiger partial charge in [-0.3, -0.25) is 9.59 Å². The van der Waals surface area contributed by atoms with Gasteiger partial charge in [-0.15, -0.1) is 0 Å². The van der Waals surface area contributed by atoms with E-state index in [9.17, 15) is 9.59 Å². The number of ether oxygens (including phenoxy) is 1. The van der Waals surface area contributed by atoms with Gasteiger partial charge in [0.05, 0.1) is 13.0 Å². The molecule has 0 aromatic heterocycles. The van der Waals surface area contributed by atoms with Gasteiger partial charge in [0, 0.05) is 19.0 Å². The summed E-state index contributed by atoms with van der Waals surface area (Å²) in [7, 11) is 0. The number of nitrogens with zero attached hydrogens (tertiary/aromatic N) is 1. The van der Waals surface area contributed by atoms with E-state index in [1.165, 1.54) is 0 Å². The summed E-state index contributed by atoms with van der Waals surface area (Å²) in [5.74, 6) is -0.0184. The molecule has 1 saturated heterocycles. The molecule has 1 aliphatic rings. The summed E-state index contributed by atoms with van der Waals surface area (Å²) in [6.07, 6.45) is 3.79. The van der Waals surface area contributed by atoms with Gasteiger partial charge in [0.15, 0.2) is 0 Å². The molecule has 1 heterocycles. The smallest absolute Gasteiger partial charge is 0.307 e. The van der Waals surface area contributed by atoms with Crippen LogP contribution < -0.4 is 0 Å². The van der Waals surface area contributed by atoms with E-state index in [0.717, 1.165) is 25.8 Å². The molecule has 1 aliphatic heterocycles. The van der Waals surface area contributed by atoms with Crippen LogP contribution in [0.1, 0.15) is 46.0 Å². The molecule has 92 valence electrons. The monoisotopic (exact) mass is 227 g/mol. The van der Waals surface area contributed by atoms with Gasteiger partial charge < -0.3 is 9.64 Å². The number of hydrogen-bond donors (Lipinski definition) is 0. The number of carbonyl (C=O) groups is 2. The first-order chi connectivity index (χ1) is 7.69. The molecule has 1 atom stereocenters. The van der Waals surface area contributed by atoms with Gasteiger partial charge in [-0.25, -0.2) is 0 Å². The van der Waals surface area contributed by atoms with Crippen LogP contribution in [0.15, 0.2) is 0 Å². The second-order valence-corrected chi connectivity index (χ2v) is 4.12. The van der Waals surface area contributed by atoms with E-state index in [1.807, 2.05) is 11.8 Å². The summed E-state index contributed by atoms with van der Waals surface area (Å²) in [5, 5.41) is 0. The zero-order valence-corrected chi connectivity index (χ0v) is 10.2. The number of rotatable bonds is 5. The molecule has 1 amide bonds. The Kier molecular flexibility index (Phi) is 5.29. The highest BCUT2D eigenvalue weighted by molar-refractivity contribution is 5.78. The molecular weight excluding hydrogens is 206 g/mol. The maximum absolute atomic E-state index is 11.7. The average molecular weight is 227 g/mol. The average Bonchev–Trinajstić information content (AvgIpc) is 2.27. The Morgan fingerprint density at radius 1 is 1.44 bits per heavy atom. The van der Waals surface area contributed by atoms with E-state index < -0.39 is 0 Å². The van der Waals surface area contributed by atoms with Crippen molar-refractivity contribution in [1.82, 2.24) is 4.90 Å². The lowest BCUT2D eigenvalue weighted by atomic mass is 10.0. The summed E-state index contributed by atoms with van der Waals surface area (Å²) < 4.78 is 4.92. The first-order valence-corrected chi connectivity index (χ1v) is 6.14. The van der Waals surface area contributed by atoms with E-state index in [4.69, 9.17) is 4.74 Å². The molecule has 0 aromatic rings. The van der Waals surface area contributed by atoms with Crippen molar-refractivity contribution in [3.63, 3.8) is 0 Å². The lowest BCUT2D eigenvalue weighted by Crippen LogP contribution is -2.44. The Bertz CT molecular complexity index is 253. The highest BCUT2D eigenvalue weighted by atomic mass is 16.5. The van der Waals surface area contributed by atoms with Gasteiger partial charge in [0.25, 0.3) is 0 Å². The molecule has 0 aromatic carbocycles. The minimum absolute atomic E-state index is 0.0202. The largest absolute Gasteiger partial charge is 0.466 e. The first-order valence-electron chi connectivity index (χ1n) is 6.14. The molecule has 0 saturated carbocycles. The van der Waals surface area contributed by atoms with Crippen LogP contribution in [0.5, 0.6) is 0 Å². The molecular formula is C12H21NO3. The van der Waals surface area contributed by atoms with Crippen LogP contribution >= 0.6 is 0 Å². The van der Waals surface area contributed by atoms with Crippen LogP contribution in [0.25, 0.3) is 0 Å². The summed E-state index contributed by atoms with van der Waals surface area (Å²) in [5.41, 5.74) is 0. The second kappa shape index (κ2) is 6.51. The molecule has 0 bridgehead atoms. The van der Waals surface area contributed by atoms with Crippen LogP contribution in [-0.4, -0.2) is 36.0 Å². The molecule has 1 fully saturated rings. The fourth-order valence-corrected chi connectivity index (χ4v) is 2.10. The number of carbonyl (C=O) groups excluding carboxylic acids is 2. The topological polar surface area (TPSA) is 46.6 Å². The molecule has 0 radical (unpaired) electrons. The van der Waals surface area contributed by atoms with Gasteiger partial charge in [-0.05, 0) is 26.2 Å². The SMILES string of the molecule is CCOC(=O)CC(CC)N1CCCCC1=O. The van der Waals surface area contributed by atoms with Gasteiger partial charge in [0.2, 0.25) is 5.91 Å². The lowest BCUT2D eigenvalue weighted by molar-refractivity contribution is -0.146. The zero-order valence-electron chi connectivity index (χ0n) is 10.2. The summed E-state index contributed by atoms with van der Waals surface area (Å²) in [6.45, 7) is 5.00. The van der Waals surface area contributed by atoms with E-state index in [-0.39, 0.29) is 17.9 Å². The molecule has 1 unspecified atom stereocenters. The minimum Gasteiger partial charge on any atom is -0.466 e. The van der Waals surface area contributed by atoms with Crippen molar-refractivity contribution in [3.8, 4) is 0 Å². The quantitative estimate of drug-likeness (QED) is 0.672. The Morgan fingerprint density at radius 2 is 2.19 bits per heavy atom. The van der Waals surface area contributed by atoms with Crippen molar-refractivity contribution in [1.29, 1.82) is 0 Å². The Morgan fingerprint density at radius 3 is 2.75 bits per heavy atom. The molecule has 0 spiro atoms. The first kappa shape index (κ1) is 13.0. The standard InChI is InChI=1S/C12H21NO3/c1-3-10(9-12(15)16-4-2)13-8-6-5-7-11(13)14/h10H,3-9H2,1-2H3. The number of hydrogen-bond acceptors (Lipinski definition) is 3. The predicted molar refractivity (Wildman–Crippen MR) is 60.9 cm³/mol. The van der Waals surface area contributed by atoms with Crippen molar-refractivity contribution in [2.45, 2.75) is 52.0 Å². The van der Waals surface area contributed by atoms with Gasteiger partial charge in [-0.2, -0.15) is 0 Å². The van der Waals surface area contributed by atoms with Gasteiger partial charge >= 0.3 is 5.97 Å². The third-order valence-electron chi connectivity index (χ3n) is 2.98. The fourth-order valence-electron chi connectivity index (χ4n) is 2.10. The lowest BCUT2D eigenvalue weighted by Gasteiger charge is -2.33. The van der Waals surface area contributed by atoms with E-state index in [1.54, 1.807) is 6.92 Å². The molecule has 4 heteroatoms. The predicted octanol–water partition coefficient (Wildman–Crippen LogP) is 1.73. The van der Waals surface area contributed by atoms with Crippen molar-refractivity contribution in [2.75, 3.05) is 13.2 Å². The maximum Gasteiger partial charge on any atom is 0.307 e. The number of amides is 1. The van der Waals surface area contributed by atoms with Crippen LogP contribution in [0.4, 0.5) is 0 Å². The maximum atomic E-state index is 11.7. The summed E-state index contributed by atoms with van der Waals surface area (Å²) in [4.78, 5) is 25.0. The normalized spacial score (nSPS) is 18.4. The third-order valence-corrected chi connectivity index (χ3v) is 2.98. The van der Waals surface area contributed by atoms with E-state index in [0.29, 0.717) is 19.4 Å². The molecule has 0 N–H and O–H groups in total. The fraction of sp³-hybridized carbons (Fsp3) is 0.833.